The van der Waals surface area contributed by atoms with Crippen molar-refractivity contribution in [2.45, 2.75) is 39.1 Å². The number of aryl methyl sites for hydroxylation is 2. The molecule has 0 spiro atoms. The SMILES string of the molecule is CC1=Cc2c(-c3ccccc3)cc(C)cc2[CH]1[Zr](=[SiH2])([CH2]c1ccccc1)[CH]1C(C)=Cc2c(-c3ccccc3)cc(C)cc21.Cl.Cl. The molecule has 0 amide bonds. The molecular weight excluding hydrogens is 683 g/mol. The van der Waals surface area contributed by atoms with E-state index in [1.807, 2.05) is 0 Å². The van der Waals surface area contributed by atoms with Gasteiger partial charge in [-0.05, 0) is 0 Å². The predicted molar refractivity (Wildman–Crippen MR) is 199 cm³/mol. The van der Waals surface area contributed by atoms with Gasteiger partial charge in [-0.3, -0.25) is 0 Å². The molecule has 0 aliphatic heterocycles. The van der Waals surface area contributed by atoms with Gasteiger partial charge in [0.05, 0.1) is 0 Å². The molecule has 2 aliphatic rings. The Bertz CT molecular complexity index is 1840. The minimum atomic E-state index is -3.23. The molecular formula is C41H41Cl2SiZr. The van der Waals surface area contributed by atoms with Gasteiger partial charge in [0.25, 0.3) is 0 Å². The second kappa shape index (κ2) is 13.5. The van der Waals surface area contributed by atoms with Crippen molar-refractivity contribution in [1.29, 1.82) is 0 Å². The Kier molecular flexibility index (Phi) is 10.1. The van der Waals surface area contributed by atoms with E-state index in [-0.39, 0.29) is 24.8 Å². The van der Waals surface area contributed by atoms with Crippen LogP contribution in [0.4, 0.5) is 0 Å². The van der Waals surface area contributed by atoms with Gasteiger partial charge in [-0.15, -0.1) is 24.8 Å². The van der Waals surface area contributed by atoms with Crippen LogP contribution in [0.25, 0.3) is 34.4 Å². The summed E-state index contributed by atoms with van der Waals surface area (Å²) < 4.78 is 2.26. The summed E-state index contributed by atoms with van der Waals surface area (Å²) in [5.41, 5.74) is 18.8. The number of allylic oxidation sites excluding steroid dienone is 2. The van der Waals surface area contributed by atoms with Crippen molar-refractivity contribution in [3.8, 4) is 22.3 Å². The van der Waals surface area contributed by atoms with E-state index in [0.717, 1.165) is 0 Å². The van der Waals surface area contributed by atoms with E-state index in [2.05, 4.69) is 162 Å². The molecule has 5 aromatic carbocycles. The van der Waals surface area contributed by atoms with E-state index in [9.17, 15) is 0 Å². The Morgan fingerprint density at radius 2 is 0.911 bits per heavy atom. The summed E-state index contributed by atoms with van der Waals surface area (Å²) in [5, 5.41) is 0. The van der Waals surface area contributed by atoms with Crippen LogP contribution in [0.5, 0.6) is 0 Å². The molecule has 7 rings (SSSR count). The zero-order valence-corrected chi connectivity index (χ0v) is 32.0. The summed E-state index contributed by atoms with van der Waals surface area (Å²) in [7, 11) is 0. The van der Waals surface area contributed by atoms with E-state index < -0.39 is 18.9 Å². The second-order valence-electron chi connectivity index (χ2n) is 12.9. The van der Waals surface area contributed by atoms with Crippen molar-refractivity contribution < 1.29 is 18.9 Å². The largest absolute Gasteiger partial charge is 0.147 e. The number of benzene rings is 5. The zero-order valence-electron chi connectivity index (χ0n) is 26.5. The third kappa shape index (κ3) is 6.08. The molecule has 0 aromatic heterocycles. The number of fused-ring (bicyclic) bond motifs is 2. The zero-order chi connectivity index (χ0) is 29.7. The van der Waals surface area contributed by atoms with Gasteiger partial charge >= 0.3 is 265 Å². The topological polar surface area (TPSA) is 0 Å². The summed E-state index contributed by atoms with van der Waals surface area (Å²) in [5.74, 6) is 0. The molecule has 0 N–H and O–H groups in total. The fourth-order valence-electron chi connectivity index (χ4n) is 8.15. The van der Waals surface area contributed by atoms with Crippen LogP contribution in [-0.2, 0) is 23.0 Å². The van der Waals surface area contributed by atoms with E-state index in [1.165, 1.54) is 54.2 Å². The third-order valence-corrected chi connectivity index (χ3v) is 28.0. The maximum atomic E-state index is 2.55. The van der Waals surface area contributed by atoms with Crippen LogP contribution in [0.1, 0.15) is 60.0 Å². The van der Waals surface area contributed by atoms with Crippen LogP contribution in [-0.4, -0.2) is 6.88 Å². The van der Waals surface area contributed by atoms with Gasteiger partial charge in [0, 0.05) is 0 Å². The predicted octanol–water partition coefficient (Wildman–Crippen LogP) is 11.0. The number of halogens is 2. The Morgan fingerprint density at radius 3 is 1.31 bits per heavy atom. The molecule has 0 radical (unpaired) electrons. The van der Waals surface area contributed by atoms with Gasteiger partial charge in [-0.2, -0.15) is 0 Å². The van der Waals surface area contributed by atoms with Gasteiger partial charge in [0.2, 0.25) is 0 Å². The van der Waals surface area contributed by atoms with Gasteiger partial charge in [-0.25, -0.2) is 0 Å². The number of rotatable bonds is 6. The van der Waals surface area contributed by atoms with Crippen molar-refractivity contribution in [2.75, 3.05) is 0 Å². The molecule has 0 heterocycles. The van der Waals surface area contributed by atoms with Crippen molar-refractivity contribution in [3.05, 3.63) is 165 Å². The first-order chi connectivity index (χ1) is 20.8. The van der Waals surface area contributed by atoms with E-state index >= 15 is 0 Å². The van der Waals surface area contributed by atoms with Crippen molar-refractivity contribution >= 4 is 43.8 Å². The molecule has 4 heteroatoms. The molecule has 0 saturated heterocycles. The maximum Gasteiger partial charge on any atom is -0.147 e. The van der Waals surface area contributed by atoms with Crippen molar-refractivity contribution in [2.24, 2.45) is 0 Å². The van der Waals surface area contributed by atoms with Crippen LogP contribution in [0, 0.1) is 13.8 Å². The first kappa shape index (κ1) is 33.6. The smallest absolute Gasteiger partial charge is 0.147 e. The Balaban J connectivity index is 0.00000200. The standard InChI is InChI=1S/2C17H15.C7H7.2ClH.H2Si.Zr/c2*1-12-8-15-9-13(2)11-17(15)16(10-12)14-6-4-3-5-7-14;1-7-5-3-2-4-6-7;;;;/h2*3-11H,1-2H3;2-6H,1H2;2*1H;1H2;. The van der Waals surface area contributed by atoms with Crippen LogP contribution in [0.2, 0.25) is 0 Å². The van der Waals surface area contributed by atoms with Gasteiger partial charge in [0.15, 0.2) is 0 Å². The molecule has 45 heavy (non-hydrogen) atoms. The third-order valence-electron chi connectivity index (χ3n) is 9.68. The normalized spacial score (nSPS) is 17.6. The molecule has 227 valence electrons. The first-order valence-electron chi connectivity index (χ1n) is 15.5. The fraction of sp³-hybridized carbons (Fsp3) is 0.171. The number of hydrogen-bond donors (Lipinski definition) is 0. The average Bonchev–Trinajstić information content (AvgIpc) is 3.53. The summed E-state index contributed by atoms with van der Waals surface area (Å²) in [4.78, 5) is 0. The molecule has 2 unspecified atom stereocenters. The van der Waals surface area contributed by atoms with Crippen LogP contribution in [0.15, 0.2) is 126 Å². The molecule has 2 atom stereocenters. The Morgan fingerprint density at radius 1 is 0.533 bits per heavy atom. The van der Waals surface area contributed by atoms with Gasteiger partial charge < -0.3 is 0 Å². The van der Waals surface area contributed by atoms with Crippen LogP contribution in [0.3, 0.4) is 0 Å². The average molecular weight is 724 g/mol. The maximum absolute atomic E-state index is 3.23. The second-order valence-corrected chi connectivity index (χ2v) is 30.5. The summed E-state index contributed by atoms with van der Waals surface area (Å²) in [6, 6.07) is 43.3. The minimum Gasteiger partial charge on any atom is -0.147 e. The first-order valence-corrected chi connectivity index (χ1v) is 26.0. The van der Waals surface area contributed by atoms with E-state index in [1.54, 1.807) is 22.3 Å². The van der Waals surface area contributed by atoms with E-state index in [4.69, 9.17) is 0 Å². The molecule has 0 bridgehead atoms. The number of hydrogen-bond acceptors (Lipinski definition) is 0. The summed E-state index contributed by atoms with van der Waals surface area (Å²) in [6.07, 6.45) is 5.10. The Hall–Kier alpha value is -2.74. The molecule has 5 aromatic rings. The van der Waals surface area contributed by atoms with Crippen LogP contribution < -0.4 is 0 Å². The van der Waals surface area contributed by atoms with Crippen molar-refractivity contribution in [1.82, 2.24) is 0 Å². The monoisotopic (exact) mass is 721 g/mol. The van der Waals surface area contributed by atoms with Crippen LogP contribution >= 0.6 is 24.8 Å². The van der Waals surface area contributed by atoms with Gasteiger partial charge in [-0.1, -0.05) is 0 Å². The van der Waals surface area contributed by atoms with E-state index in [0.29, 0.717) is 7.25 Å². The summed E-state index contributed by atoms with van der Waals surface area (Å²) in [6.45, 7) is 11.9. The summed E-state index contributed by atoms with van der Waals surface area (Å²) >= 11 is -3.23. The molecule has 0 fully saturated rings. The quantitative estimate of drug-likeness (QED) is 0.153. The molecule has 0 nitrogen and oxygen atoms in total. The minimum absolute atomic E-state index is 0. The fourth-order valence-corrected chi connectivity index (χ4v) is 29.6. The van der Waals surface area contributed by atoms with Gasteiger partial charge in [0.1, 0.15) is 0 Å². The molecule has 0 saturated carbocycles. The Labute approximate surface area is 287 Å². The van der Waals surface area contributed by atoms with Crippen molar-refractivity contribution in [3.63, 3.8) is 0 Å². The molecule has 2 aliphatic carbocycles.